The summed E-state index contributed by atoms with van der Waals surface area (Å²) in [6, 6.07) is 0. The highest BCUT2D eigenvalue weighted by molar-refractivity contribution is 5.83. The number of carbonyl (C=O) groups excluding carboxylic acids is 3. The summed E-state index contributed by atoms with van der Waals surface area (Å²) in [5.74, 6) is -15.9. The predicted octanol–water partition coefficient (Wildman–Crippen LogP) is -3.05. The first-order valence-electron chi connectivity index (χ1n) is 7.14. The number of aliphatic hydroxyl groups is 5. The lowest BCUT2D eigenvalue weighted by Crippen LogP contribution is -2.82. The molecule has 0 aliphatic carbocycles. The molecule has 0 saturated carbocycles. The number of hydrogen-bond acceptors (Lipinski definition) is 12. The van der Waals surface area contributed by atoms with Gasteiger partial charge in [-0.3, -0.25) is 0 Å². The second-order valence-electron chi connectivity index (χ2n) is 5.08. The molecule has 1 unspecified atom stereocenters. The topological polar surface area (TPSA) is 189 Å². The average molecular weight is 390 g/mol. The zero-order chi connectivity index (χ0) is 21.0. The van der Waals surface area contributed by atoms with E-state index >= 15 is 0 Å². The van der Waals surface area contributed by atoms with E-state index in [1.54, 1.807) is 0 Å². The summed E-state index contributed by atoms with van der Waals surface area (Å²) in [5.41, 5.74) is 0. The van der Waals surface area contributed by atoms with Crippen LogP contribution in [0.25, 0.3) is 0 Å². The first-order valence-corrected chi connectivity index (χ1v) is 7.14. The molecule has 1 fully saturated rings. The normalized spacial score (nSPS) is 35.4. The maximum Gasteiger partial charge on any atom is 0.404 e. The van der Waals surface area contributed by atoms with Crippen LogP contribution < -0.4 is 0 Å². The molecule has 5 N–H and O–H groups in total. The van der Waals surface area contributed by atoms with E-state index in [2.05, 4.69) is 33.9 Å². The van der Waals surface area contributed by atoms with Crippen molar-refractivity contribution in [2.45, 2.75) is 29.8 Å². The molecule has 1 saturated heterocycles. The summed E-state index contributed by atoms with van der Waals surface area (Å²) in [6.45, 7) is 7.93. The molecular weight excluding hydrogens is 372 g/mol. The van der Waals surface area contributed by atoms with Crippen LogP contribution in [0.4, 0.5) is 0 Å². The summed E-state index contributed by atoms with van der Waals surface area (Å²) in [6.07, 6.45) is -3.09. The Kier molecular flexibility index (Phi) is 6.61. The highest BCUT2D eigenvalue weighted by Crippen LogP contribution is 2.46. The van der Waals surface area contributed by atoms with Crippen molar-refractivity contribution in [3.8, 4) is 0 Å². The molecule has 5 atom stereocenters. The summed E-state index contributed by atoms with van der Waals surface area (Å²) in [7, 11) is 0. The van der Waals surface area contributed by atoms with Gasteiger partial charge in [0.1, 0.15) is 6.10 Å². The van der Waals surface area contributed by atoms with Gasteiger partial charge in [0.15, 0.2) is 6.10 Å². The maximum atomic E-state index is 11.6. The van der Waals surface area contributed by atoms with Gasteiger partial charge in [-0.2, -0.15) is 0 Å². The minimum atomic E-state index is -3.95. The van der Waals surface area contributed by atoms with Gasteiger partial charge in [0.05, 0.1) is 6.61 Å². The molecule has 1 heterocycles. The van der Waals surface area contributed by atoms with Gasteiger partial charge >= 0.3 is 35.5 Å². The summed E-state index contributed by atoms with van der Waals surface area (Å²) in [5, 5.41) is 51.3. The fraction of sp³-hybridized carbons (Fsp3) is 0.400. The van der Waals surface area contributed by atoms with Crippen LogP contribution in [-0.2, 0) is 33.3 Å². The molecule has 0 aromatic heterocycles. The summed E-state index contributed by atoms with van der Waals surface area (Å²) in [4.78, 5) is 34.7. The molecule has 0 bridgehead atoms. The monoisotopic (exact) mass is 390 g/mol. The molecule has 12 nitrogen and oxygen atoms in total. The second-order valence-corrected chi connectivity index (χ2v) is 5.08. The van der Waals surface area contributed by atoms with E-state index < -0.39 is 54.3 Å². The molecule has 12 heteroatoms. The number of carbonyl (C=O) groups is 3. The lowest BCUT2D eigenvalue weighted by atomic mass is 9.89. The molecule has 0 aromatic rings. The summed E-state index contributed by atoms with van der Waals surface area (Å²) >= 11 is 0. The van der Waals surface area contributed by atoms with Crippen molar-refractivity contribution >= 4 is 17.9 Å². The predicted molar refractivity (Wildman–Crippen MR) is 81.7 cm³/mol. The fourth-order valence-corrected chi connectivity index (χ4v) is 2.09. The van der Waals surface area contributed by atoms with Crippen LogP contribution in [0.15, 0.2) is 38.0 Å². The second kappa shape index (κ2) is 7.96. The van der Waals surface area contributed by atoms with E-state index in [0.717, 1.165) is 0 Å². The van der Waals surface area contributed by atoms with Gasteiger partial charge in [-0.25, -0.2) is 14.4 Å². The molecule has 1 aliphatic heterocycles. The van der Waals surface area contributed by atoms with Gasteiger partial charge in [-0.1, -0.05) is 19.7 Å². The van der Waals surface area contributed by atoms with E-state index in [1.807, 2.05) is 0 Å². The van der Waals surface area contributed by atoms with Crippen molar-refractivity contribution in [2.75, 3.05) is 6.61 Å². The van der Waals surface area contributed by atoms with E-state index in [9.17, 15) is 39.9 Å². The van der Waals surface area contributed by atoms with Gasteiger partial charge < -0.3 is 44.5 Å². The van der Waals surface area contributed by atoms with Gasteiger partial charge in [0.2, 0.25) is 0 Å². The van der Waals surface area contributed by atoms with E-state index in [4.69, 9.17) is 4.74 Å². The number of ether oxygens (including phenoxy) is 4. The summed E-state index contributed by atoms with van der Waals surface area (Å²) < 4.78 is 18.0. The van der Waals surface area contributed by atoms with Crippen molar-refractivity contribution in [1.82, 2.24) is 0 Å². The van der Waals surface area contributed by atoms with Crippen LogP contribution in [0.2, 0.25) is 0 Å². The number of esters is 3. The van der Waals surface area contributed by atoms with Gasteiger partial charge in [-0.05, 0) is 0 Å². The Bertz CT molecular complexity index is 659. The Balaban J connectivity index is 3.68. The average Bonchev–Trinajstić information content (AvgIpc) is 2.63. The van der Waals surface area contributed by atoms with Crippen molar-refractivity contribution in [3.63, 3.8) is 0 Å². The lowest BCUT2D eigenvalue weighted by Gasteiger charge is -2.53. The third-order valence-corrected chi connectivity index (χ3v) is 3.40. The quantitative estimate of drug-likeness (QED) is 0.128. The zero-order valence-corrected chi connectivity index (χ0v) is 13.8. The Labute approximate surface area is 152 Å². The SMILES string of the molecule is C=CC(=O)OC1(O)O[C@H](CO)[C@H](O)[C@](O)(OC(=O)C=C)[C@@]1(O)OC(=O)C=C. The highest BCUT2D eigenvalue weighted by atomic mass is 16.9. The highest BCUT2D eigenvalue weighted by Gasteiger charge is 2.80. The van der Waals surface area contributed by atoms with Gasteiger partial charge in [0, 0.05) is 18.2 Å². The Morgan fingerprint density at radius 2 is 1.37 bits per heavy atom. The lowest BCUT2D eigenvalue weighted by molar-refractivity contribution is -0.556. The minimum absolute atomic E-state index is 0.452. The fourth-order valence-electron chi connectivity index (χ4n) is 2.09. The minimum Gasteiger partial charge on any atom is -0.419 e. The Hall–Kier alpha value is -2.61. The molecule has 27 heavy (non-hydrogen) atoms. The van der Waals surface area contributed by atoms with Crippen molar-refractivity contribution in [1.29, 1.82) is 0 Å². The molecule has 1 aliphatic rings. The van der Waals surface area contributed by atoms with E-state index in [1.165, 1.54) is 0 Å². The van der Waals surface area contributed by atoms with Crippen LogP contribution in [0.3, 0.4) is 0 Å². The van der Waals surface area contributed by atoms with Crippen molar-refractivity contribution < 1.29 is 58.9 Å². The maximum absolute atomic E-state index is 11.6. The van der Waals surface area contributed by atoms with Crippen molar-refractivity contribution in [2.24, 2.45) is 0 Å². The first kappa shape index (κ1) is 22.4. The molecule has 150 valence electrons. The van der Waals surface area contributed by atoms with Crippen LogP contribution in [0.5, 0.6) is 0 Å². The smallest absolute Gasteiger partial charge is 0.404 e. The third-order valence-electron chi connectivity index (χ3n) is 3.40. The molecule has 0 radical (unpaired) electrons. The molecule has 0 aromatic carbocycles. The van der Waals surface area contributed by atoms with Crippen LogP contribution >= 0.6 is 0 Å². The zero-order valence-electron chi connectivity index (χ0n) is 13.8. The van der Waals surface area contributed by atoms with Crippen molar-refractivity contribution in [3.05, 3.63) is 38.0 Å². The van der Waals surface area contributed by atoms with Gasteiger partial charge in [-0.15, -0.1) is 0 Å². The van der Waals surface area contributed by atoms with Gasteiger partial charge in [0.25, 0.3) is 0 Å². The number of aliphatic hydroxyl groups excluding tert-OH is 2. The van der Waals surface area contributed by atoms with E-state index in [0.29, 0.717) is 18.2 Å². The largest absolute Gasteiger partial charge is 0.419 e. The molecule has 0 amide bonds. The Morgan fingerprint density at radius 3 is 1.81 bits per heavy atom. The van der Waals surface area contributed by atoms with Crippen LogP contribution in [-0.4, -0.2) is 79.8 Å². The molecule has 0 spiro atoms. The third kappa shape index (κ3) is 3.75. The van der Waals surface area contributed by atoms with Crippen LogP contribution in [0.1, 0.15) is 0 Å². The standard InChI is InChI=1S/C15H18O12/c1-4-9(17)25-13(21)12(20)8(7-16)24-15(23,27-11(19)6-3)14(13,22)26-10(18)5-2/h4-6,8,12,16,20-23H,1-3,7H2/t8-,12+,13+,14-,15?/m1/s1. The first-order chi connectivity index (χ1) is 12.4. The molecule has 1 rings (SSSR count). The Morgan fingerprint density at radius 1 is 0.926 bits per heavy atom. The number of hydrogen-bond donors (Lipinski definition) is 5. The molecular formula is C15H18O12. The number of rotatable bonds is 7. The van der Waals surface area contributed by atoms with Crippen LogP contribution in [0, 0.1) is 0 Å². The van der Waals surface area contributed by atoms with E-state index in [-0.39, 0.29) is 0 Å².